The number of benzene rings is 1. The molecule has 16 heavy (non-hydrogen) atoms. The summed E-state index contributed by atoms with van der Waals surface area (Å²) in [4.78, 5) is 0. The van der Waals surface area contributed by atoms with E-state index < -0.39 is 0 Å². The van der Waals surface area contributed by atoms with Gasteiger partial charge in [0.05, 0.1) is 0 Å². The van der Waals surface area contributed by atoms with Crippen molar-refractivity contribution >= 4 is 9.24 Å². The van der Waals surface area contributed by atoms with Gasteiger partial charge in [0.2, 0.25) is 0 Å². The van der Waals surface area contributed by atoms with E-state index in [9.17, 15) is 0 Å². The summed E-state index contributed by atoms with van der Waals surface area (Å²) in [6.07, 6.45) is 2.15. The standard InChI is InChI=1S/C14H23OP/c1-5-11(3)12-7-9-13(10-8-12)15-14(4,16)6-2/h7-11H,5-6,16H2,1-4H3. The molecule has 1 aromatic carbocycles. The van der Waals surface area contributed by atoms with E-state index in [-0.39, 0.29) is 5.34 Å². The molecule has 0 N–H and O–H groups in total. The maximum Gasteiger partial charge on any atom is 0.120 e. The molecular formula is C14H23OP. The van der Waals surface area contributed by atoms with E-state index in [1.807, 2.05) is 0 Å². The van der Waals surface area contributed by atoms with Gasteiger partial charge in [0, 0.05) is 0 Å². The van der Waals surface area contributed by atoms with Crippen molar-refractivity contribution in [3.8, 4) is 5.75 Å². The fourth-order valence-electron chi connectivity index (χ4n) is 1.44. The molecule has 0 aliphatic rings. The third kappa shape index (κ3) is 3.79. The molecule has 0 saturated heterocycles. The smallest absolute Gasteiger partial charge is 0.120 e. The van der Waals surface area contributed by atoms with Gasteiger partial charge in [-0.2, -0.15) is 0 Å². The highest BCUT2D eigenvalue weighted by atomic mass is 31.0. The zero-order valence-electron chi connectivity index (χ0n) is 10.8. The molecular weight excluding hydrogens is 215 g/mol. The zero-order valence-corrected chi connectivity index (χ0v) is 11.9. The van der Waals surface area contributed by atoms with Crippen LogP contribution in [0.1, 0.15) is 52.0 Å². The van der Waals surface area contributed by atoms with E-state index in [2.05, 4.69) is 61.2 Å². The van der Waals surface area contributed by atoms with E-state index in [1.54, 1.807) is 0 Å². The SMILES string of the molecule is CCC(C)c1ccc(OC(C)(P)CC)cc1. The van der Waals surface area contributed by atoms with Crippen LogP contribution in [0.15, 0.2) is 24.3 Å². The summed E-state index contributed by atoms with van der Waals surface area (Å²) in [6.45, 7) is 8.67. The molecule has 0 spiro atoms. The maximum absolute atomic E-state index is 5.88. The van der Waals surface area contributed by atoms with Gasteiger partial charge in [-0.3, -0.25) is 0 Å². The van der Waals surface area contributed by atoms with Crippen molar-refractivity contribution in [1.82, 2.24) is 0 Å². The Bertz CT molecular complexity index is 316. The molecule has 0 aliphatic carbocycles. The molecule has 3 atom stereocenters. The Morgan fingerprint density at radius 1 is 1.25 bits per heavy atom. The van der Waals surface area contributed by atoms with Crippen molar-refractivity contribution in [2.24, 2.45) is 0 Å². The average Bonchev–Trinajstić information content (AvgIpc) is 2.28. The summed E-state index contributed by atoms with van der Waals surface area (Å²) < 4.78 is 5.88. The highest BCUT2D eigenvalue weighted by Gasteiger charge is 2.16. The van der Waals surface area contributed by atoms with Crippen molar-refractivity contribution in [2.75, 3.05) is 0 Å². The molecule has 0 heterocycles. The summed E-state index contributed by atoms with van der Waals surface area (Å²) in [5.74, 6) is 1.58. The molecule has 0 aromatic heterocycles. The largest absolute Gasteiger partial charge is 0.484 e. The topological polar surface area (TPSA) is 9.23 Å². The summed E-state index contributed by atoms with van der Waals surface area (Å²) in [5.41, 5.74) is 1.39. The second-order valence-corrected chi connectivity index (χ2v) is 5.87. The van der Waals surface area contributed by atoms with Crippen molar-refractivity contribution in [3.63, 3.8) is 0 Å². The van der Waals surface area contributed by atoms with E-state index in [0.717, 1.165) is 12.2 Å². The Balaban J connectivity index is 2.72. The lowest BCUT2D eigenvalue weighted by molar-refractivity contribution is 0.180. The van der Waals surface area contributed by atoms with Crippen LogP contribution in [0.4, 0.5) is 0 Å². The minimum absolute atomic E-state index is 0.155. The lowest BCUT2D eigenvalue weighted by atomic mass is 9.99. The van der Waals surface area contributed by atoms with Crippen LogP contribution >= 0.6 is 9.24 Å². The molecule has 0 amide bonds. The van der Waals surface area contributed by atoms with Gasteiger partial charge in [-0.15, -0.1) is 0 Å². The molecule has 2 heteroatoms. The van der Waals surface area contributed by atoms with Gasteiger partial charge in [-0.25, -0.2) is 0 Å². The maximum atomic E-state index is 5.88. The second kappa shape index (κ2) is 5.68. The van der Waals surface area contributed by atoms with Gasteiger partial charge < -0.3 is 4.74 Å². The van der Waals surface area contributed by atoms with Gasteiger partial charge >= 0.3 is 0 Å². The van der Waals surface area contributed by atoms with Crippen molar-refractivity contribution in [3.05, 3.63) is 29.8 Å². The average molecular weight is 238 g/mol. The summed E-state index contributed by atoms with van der Waals surface area (Å²) >= 11 is 0. The quantitative estimate of drug-likeness (QED) is 0.682. The number of ether oxygens (including phenoxy) is 1. The first-order valence-corrected chi connectivity index (χ1v) is 6.64. The van der Waals surface area contributed by atoms with Crippen LogP contribution < -0.4 is 4.74 Å². The molecule has 0 radical (unpaired) electrons. The molecule has 1 rings (SSSR count). The highest BCUT2D eigenvalue weighted by molar-refractivity contribution is 7.18. The predicted molar refractivity (Wildman–Crippen MR) is 74.2 cm³/mol. The van der Waals surface area contributed by atoms with Crippen molar-refractivity contribution in [2.45, 2.75) is 51.8 Å². The van der Waals surface area contributed by atoms with Gasteiger partial charge in [-0.05, 0) is 43.4 Å². The lowest BCUT2D eigenvalue weighted by Gasteiger charge is -2.24. The fraction of sp³-hybridized carbons (Fsp3) is 0.571. The van der Waals surface area contributed by atoms with E-state index in [1.165, 1.54) is 12.0 Å². The Morgan fingerprint density at radius 2 is 1.81 bits per heavy atom. The molecule has 1 nitrogen and oxygen atoms in total. The summed E-state index contributed by atoms with van der Waals surface area (Å²) in [7, 11) is 2.76. The molecule has 0 saturated carbocycles. The Kier molecular flexibility index (Phi) is 4.80. The fourth-order valence-corrected chi connectivity index (χ4v) is 1.58. The minimum atomic E-state index is -0.155. The zero-order chi connectivity index (χ0) is 12.2. The van der Waals surface area contributed by atoms with E-state index in [0.29, 0.717) is 5.92 Å². The lowest BCUT2D eigenvalue weighted by Crippen LogP contribution is -2.22. The van der Waals surface area contributed by atoms with Gasteiger partial charge in [0.15, 0.2) is 0 Å². The Hall–Kier alpha value is -0.550. The van der Waals surface area contributed by atoms with Crippen LogP contribution in [0.25, 0.3) is 0 Å². The summed E-state index contributed by atoms with van der Waals surface area (Å²) in [6, 6.07) is 8.47. The van der Waals surface area contributed by atoms with Gasteiger partial charge in [-0.1, -0.05) is 42.1 Å². The van der Waals surface area contributed by atoms with Crippen LogP contribution in [-0.4, -0.2) is 5.34 Å². The second-order valence-electron chi connectivity index (χ2n) is 4.65. The van der Waals surface area contributed by atoms with Crippen LogP contribution in [0.5, 0.6) is 5.75 Å². The normalized spacial score (nSPS) is 16.6. The number of rotatable bonds is 5. The molecule has 0 fully saturated rings. The molecule has 0 bridgehead atoms. The van der Waals surface area contributed by atoms with Crippen LogP contribution in [0.2, 0.25) is 0 Å². The van der Waals surface area contributed by atoms with Crippen molar-refractivity contribution in [1.29, 1.82) is 0 Å². The first kappa shape index (κ1) is 13.5. The van der Waals surface area contributed by atoms with E-state index in [4.69, 9.17) is 4.74 Å². The van der Waals surface area contributed by atoms with Crippen LogP contribution in [0.3, 0.4) is 0 Å². The Labute approximate surface area is 102 Å². The van der Waals surface area contributed by atoms with Crippen LogP contribution in [0, 0.1) is 0 Å². The highest BCUT2D eigenvalue weighted by Crippen LogP contribution is 2.28. The summed E-state index contributed by atoms with van der Waals surface area (Å²) in [5, 5.41) is -0.155. The molecule has 3 unspecified atom stereocenters. The first-order chi connectivity index (χ1) is 7.48. The third-order valence-corrected chi connectivity index (χ3v) is 3.64. The monoisotopic (exact) mass is 238 g/mol. The number of hydrogen-bond donors (Lipinski definition) is 0. The molecule has 0 aliphatic heterocycles. The van der Waals surface area contributed by atoms with Crippen LogP contribution in [-0.2, 0) is 0 Å². The van der Waals surface area contributed by atoms with Gasteiger partial charge in [0.1, 0.15) is 11.1 Å². The third-order valence-electron chi connectivity index (χ3n) is 3.11. The van der Waals surface area contributed by atoms with E-state index >= 15 is 0 Å². The number of hydrogen-bond acceptors (Lipinski definition) is 1. The predicted octanol–water partition coefficient (Wildman–Crippen LogP) is 4.58. The molecule has 90 valence electrons. The minimum Gasteiger partial charge on any atom is -0.484 e. The van der Waals surface area contributed by atoms with Gasteiger partial charge in [0.25, 0.3) is 0 Å². The Morgan fingerprint density at radius 3 is 2.25 bits per heavy atom. The van der Waals surface area contributed by atoms with Crippen molar-refractivity contribution < 1.29 is 4.74 Å². The molecule has 1 aromatic rings. The first-order valence-electron chi connectivity index (χ1n) is 6.06.